The molecule has 0 saturated heterocycles. The Morgan fingerprint density at radius 1 is 1.30 bits per heavy atom. The highest BCUT2D eigenvalue weighted by molar-refractivity contribution is 7.95. The number of rotatable bonds is 9. The van der Waals surface area contributed by atoms with Crippen LogP contribution in [0.5, 0.6) is 5.75 Å². The maximum atomic E-state index is 15.1. The third-order valence-corrected chi connectivity index (χ3v) is 10.4. The van der Waals surface area contributed by atoms with Gasteiger partial charge in [-0.1, -0.05) is 0 Å². The number of nitrogens with zero attached hydrogens (tertiary/aromatic N) is 4. The van der Waals surface area contributed by atoms with E-state index in [1.54, 1.807) is 6.92 Å². The first-order chi connectivity index (χ1) is 18.7. The SMILES string of the molecule is Cc1cc(OCC(F)(F)C(F)F)cnc1C(=O)Cc1ccc(F)c([C@]2(CF)C[S@@]3(=O)=NCCC[C@@]3(C)C(N)=N2)n1. The normalized spacial score (nSPS) is 26.6. The lowest BCUT2D eigenvalue weighted by molar-refractivity contribution is -0.148. The molecular weight excluding hydrogens is 564 g/mol. The van der Waals surface area contributed by atoms with Gasteiger partial charge in [-0.25, -0.2) is 31.1 Å². The summed E-state index contributed by atoms with van der Waals surface area (Å²) in [5.41, 5.74) is 3.85. The van der Waals surface area contributed by atoms with Gasteiger partial charge in [0.05, 0.1) is 28.1 Å². The molecule has 218 valence electrons. The maximum Gasteiger partial charge on any atom is 0.340 e. The van der Waals surface area contributed by atoms with Crippen molar-refractivity contribution in [3.05, 3.63) is 52.9 Å². The number of hydrogen-bond acceptors (Lipinski definition) is 8. The lowest BCUT2D eigenvalue weighted by Crippen LogP contribution is -2.59. The first kappa shape index (κ1) is 29.7. The van der Waals surface area contributed by atoms with E-state index in [1.165, 1.54) is 19.1 Å². The number of aromatic nitrogens is 2. The van der Waals surface area contributed by atoms with Gasteiger partial charge in [0.15, 0.2) is 12.4 Å². The molecular formula is C25H27F6N5O3S. The number of hydrogen-bond donors (Lipinski definition) is 1. The van der Waals surface area contributed by atoms with Crippen molar-refractivity contribution in [2.24, 2.45) is 15.1 Å². The second-order valence-electron chi connectivity index (χ2n) is 10.1. The molecule has 0 bridgehead atoms. The van der Waals surface area contributed by atoms with Gasteiger partial charge >= 0.3 is 12.3 Å². The number of amidine groups is 1. The highest BCUT2D eigenvalue weighted by Crippen LogP contribution is 2.42. The predicted molar refractivity (Wildman–Crippen MR) is 135 cm³/mol. The molecule has 2 aliphatic heterocycles. The molecule has 2 N–H and O–H groups in total. The summed E-state index contributed by atoms with van der Waals surface area (Å²) >= 11 is 0. The van der Waals surface area contributed by atoms with Gasteiger partial charge in [-0.3, -0.25) is 14.8 Å². The molecule has 0 saturated carbocycles. The average molecular weight is 592 g/mol. The van der Waals surface area contributed by atoms with Gasteiger partial charge in [0, 0.05) is 12.2 Å². The zero-order chi connectivity index (χ0) is 29.5. The summed E-state index contributed by atoms with van der Waals surface area (Å²) in [4.78, 5) is 25.3. The van der Waals surface area contributed by atoms with Crippen molar-refractivity contribution in [1.29, 1.82) is 0 Å². The molecule has 0 amide bonds. The second-order valence-corrected chi connectivity index (χ2v) is 12.8. The Morgan fingerprint density at radius 3 is 2.67 bits per heavy atom. The summed E-state index contributed by atoms with van der Waals surface area (Å²) < 4.78 is 102. The van der Waals surface area contributed by atoms with Crippen LogP contribution < -0.4 is 10.5 Å². The Hall–Kier alpha value is -3.23. The number of aryl methyl sites for hydroxylation is 1. The number of Topliss-reactive ketones (excluding diaryl/α,β-unsaturated/α-hetero) is 1. The molecule has 40 heavy (non-hydrogen) atoms. The molecule has 4 heterocycles. The van der Waals surface area contributed by atoms with Crippen molar-refractivity contribution >= 4 is 21.3 Å². The monoisotopic (exact) mass is 591 g/mol. The van der Waals surface area contributed by atoms with Gasteiger partial charge in [-0.2, -0.15) is 8.78 Å². The number of nitrogens with two attached hydrogens (primary N) is 1. The molecule has 2 aromatic rings. The summed E-state index contributed by atoms with van der Waals surface area (Å²) in [6.45, 7) is 0.529. The summed E-state index contributed by atoms with van der Waals surface area (Å²) in [7, 11) is -3.13. The minimum Gasteiger partial charge on any atom is -0.485 e. The number of aliphatic imine (C=N–C) groups is 1. The van der Waals surface area contributed by atoms with E-state index in [2.05, 4.69) is 19.3 Å². The summed E-state index contributed by atoms with van der Waals surface area (Å²) in [5.74, 6) is -6.67. The molecule has 2 aliphatic rings. The van der Waals surface area contributed by atoms with Crippen LogP contribution in [0.2, 0.25) is 0 Å². The summed E-state index contributed by atoms with van der Waals surface area (Å²) in [5, 5.41) is 0. The van der Waals surface area contributed by atoms with Crippen molar-refractivity contribution < 1.29 is 40.1 Å². The number of fused-ring (bicyclic) bond motifs is 1. The molecule has 0 radical (unpaired) electrons. The van der Waals surface area contributed by atoms with Crippen LogP contribution in [0.3, 0.4) is 0 Å². The van der Waals surface area contributed by atoms with Crippen LogP contribution in [-0.2, 0) is 21.7 Å². The minimum absolute atomic E-state index is 0.0324. The summed E-state index contributed by atoms with van der Waals surface area (Å²) in [6, 6.07) is 3.39. The van der Waals surface area contributed by atoms with E-state index in [4.69, 9.17) is 10.5 Å². The Labute approximate surface area is 226 Å². The Balaban J connectivity index is 1.60. The minimum atomic E-state index is -4.37. The fourth-order valence-corrected chi connectivity index (χ4v) is 7.58. The summed E-state index contributed by atoms with van der Waals surface area (Å²) in [6.07, 6.45) is -2.33. The largest absolute Gasteiger partial charge is 0.485 e. The van der Waals surface area contributed by atoms with Gasteiger partial charge in [0.1, 0.15) is 45.8 Å². The van der Waals surface area contributed by atoms with Crippen molar-refractivity contribution in [2.45, 2.75) is 55.7 Å². The predicted octanol–water partition coefficient (Wildman–Crippen LogP) is 4.18. The molecule has 15 heteroatoms. The van der Waals surface area contributed by atoms with Crippen LogP contribution in [0, 0.1) is 12.7 Å². The quantitative estimate of drug-likeness (QED) is 0.345. The van der Waals surface area contributed by atoms with Crippen molar-refractivity contribution in [2.75, 3.05) is 25.6 Å². The number of ketones is 1. The van der Waals surface area contributed by atoms with Crippen LogP contribution in [0.15, 0.2) is 33.8 Å². The zero-order valence-electron chi connectivity index (χ0n) is 21.6. The van der Waals surface area contributed by atoms with E-state index in [9.17, 15) is 31.0 Å². The molecule has 0 aliphatic carbocycles. The average Bonchev–Trinajstić information content (AvgIpc) is 2.89. The van der Waals surface area contributed by atoms with Crippen LogP contribution >= 0.6 is 0 Å². The lowest BCUT2D eigenvalue weighted by Gasteiger charge is -2.44. The van der Waals surface area contributed by atoms with E-state index >= 15 is 4.39 Å². The molecule has 0 spiro atoms. The molecule has 0 unspecified atom stereocenters. The number of halogens is 6. The topological polar surface area (TPSA) is 120 Å². The smallest absolute Gasteiger partial charge is 0.340 e. The first-order valence-corrected chi connectivity index (χ1v) is 13.9. The van der Waals surface area contributed by atoms with Crippen LogP contribution in [0.4, 0.5) is 26.3 Å². The molecule has 8 nitrogen and oxygen atoms in total. The molecule has 3 atom stereocenters. The fourth-order valence-electron chi connectivity index (χ4n) is 4.70. The maximum absolute atomic E-state index is 15.1. The molecule has 0 aromatic carbocycles. The third-order valence-electron chi connectivity index (χ3n) is 7.10. The van der Waals surface area contributed by atoms with E-state index < -0.39 is 75.1 Å². The van der Waals surface area contributed by atoms with Gasteiger partial charge < -0.3 is 10.5 Å². The molecule has 4 rings (SSSR count). The van der Waals surface area contributed by atoms with E-state index in [0.717, 1.165) is 12.3 Å². The second kappa shape index (κ2) is 10.6. The highest BCUT2D eigenvalue weighted by Gasteiger charge is 2.54. The van der Waals surface area contributed by atoms with Crippen LogP contribution in [0.1, 0.15) is 47.2 Å². The first-order valence-electron chi connectivity index (χ1n) is 12.2. The number of carbonyl (C=O) groups excluding carboxylic acids is 1. The van der Waals surface area contributed by atoms with E-state index in [-0.39, 0.29) is 28.5 Å². The Morgan fingerprint density at radius 2 is 2.02 bits per heavy atom. The Bertz CT molecular complexity index is 1480. The van der Waals surface area contributed by atoms with Gasteiger partial charge in [0.2, 0.25) is 0 Å². The van der Waals surface area contributed by atoms with Gasteiger partial charge in [-0.05, 0) is 50.5 Å². The van der Waals surface area contributed by atoms with Gasteiger partial charge in [-0.15, -0.1) is 0 Å². The fraction of sp³-hybridized carbons (Fsp3) is 0.520. The number of pyridine rings is 2. The van der Waals surface area contributed by atoms with Crippen molar-refractivity contribution in [3.8, 4) is 5.75 Å². The van der Waals surface area contributed by atoms with E-state index in [1.807, 2.05) is 0 Å². The number of ether oxygens (including phenoxy) is 1. The Kier molecular flexibility index (Phi) is 7.91. The van der Waals surface area contributed by atoms with Crippen LogP contribution in [-0.4, -0.2) is 68.5 Å². The van der Waals surface area contributed by atoms with Crippen LogP contribution in [0.25, 0.3) is 0 Å². The standard InChI is InChI=1S/C25H27F6N5O3S/c1-14-8-16(39-12-25(30,31)21(28)29)10-33-19(14)18(37)9-15-4-5-17(27)20(35-15)24(11-26)13-40(38)23(2,22(32)36-24)6-3-7-34-40/h4-5,8,10,21H,3,6-7,9,11-13H2,1-2H3,(H2,32,36)/t23-,24-,40-/m0/s1. The lowest BCUT2D eigenvalue weighted by atomic mass is 9.95. The number of alkyl halides is 5. The van der Waals surface area contributed by atoms with Crippen molar-refractivity contribution in [3.63, 3.8) is 0 Å². The molecule has 0 fully saturated rings. The van der Waals surface area contributed by atoms with E-state index in [0.29, 0.717) is 19.4 Å². The zero-order valence-corrected chi connectivity index (χ0v) is 22.4. The van der Waals surface area contributed by atoms with Crippen molar-refractivity contribution in [1.82, 2.24) is 9.97 Å². The highest BCUT2D eigenvalue weighted by atomic mass is 32.2. The number of carbonyl (C=O) groups is 1. The molecule has 2 aromatic heterocycles. The third kappa shape index (κ3) is 5.27. The van der Waals surface area contributed by atoms with Gasteiger partial charge in [0.25, 0.3) is 0 Å².